The highest BCUT2D eigenvalue weighted by Crippen LogP contribution is 2.23. The predicted molar refractivity (Wildman–Crippen MR) is 79.0 cm³/mol. The van der Waals surface area contributed by atoms with Crippen LogP contribution in [0, 0.1) is 0 Å². The molecule has 0 aromatic heterocycles. The topological polar surface area (TPSA) is 149 Å². The number of hydrogen-bond donors (Lipinski definition) is 4. The van der Waals surface area contributed by atoms with Crippen molar-refractivity contribution in [2.75, 3.05) is 6.54 Å². The molecule has 0 aliphatic carbocycles. The van der Waals surface area contributed by atoms with E-state index in [9.17, 15) is 8.42 Å². The summed E-state index contributed by atoms with van der Waals surface area (Å²) in [5.41, 5.74) is 16.0. The number of sulfonamides is 1. The number of rotatable bonds is 5. The standard InChI is InChI=1S/C11H18N6O2S/c1-2-7-15-20(18,19)9-6-4-3-5-8(9)16-11(14)17-10(12)13/h3-6,15H,2,7H2,1H3,(H6,12,13,14,16,17). The highest BCUT2D eigenvalue weighted by Gasteiger charge is 2.17. The van der Waals surface area contributed by atoms with Crippen molar-refractivity contribution in [3.8, 4) is 0 Å². The molecule has 1 aromatic rings. The fourth-order valence-electron chi connectivity index (χ4n) is 1.37. The van der Waals surface area contributed by atoms with Crippen LogP contribution in [0.2, 0.25) is 0 Å². The minimum absolute atomic E-state index is 0.0159. The second-order valence-corrected chi connectivity index (χ2v) is 5.61. The summed E-state index contributed by atoms with van der Waals surface area (Å²) in [6.07, 6.45) is 0.681. The first kappa shape index (κ1) is 15.9. The largest absolute Gasteiger partial charge is 0.370 e. The zero-order valence-electron chi connectivity index (χ0n) is 11.1. The lowest BCUT2D eigenvalue weighted by atomic mass is 10.3. The summed E-state index contributed by atoms with van der Waals surface area (Å²) in [6, 6.07) is 6.17. The van der Waals surface area contributed by atoms with E-state index in [-0.39, 0.29) is 22.5 Å². The van der Waals surface area contributed by atoms with E-state index in [4.69, 9.17) is 17.2 Å². The molecular weight excluding hydrogens is 280 g/mol. The molecule has 0 atom stereocenters. The van der Waals surface area contributed by atoms with Gasteiger partial charge in [0.2, 0.25) is 16.0 Å². The van der Waals surface area contributed by atoms with Crippen molar-refractivity contribution in [3.63, 3.8) is 0 Å². The molecule has 0 spiro atoms. The van der Waals surface area contributed by atoms with Crippen molar-refractivity contribution in [1.82, 2.24) is 4.72 Å². The van der Waals surface area contributed by atoms with E-state index in [1.165, 1.54) is 12.1 Å². The maximum Gasteiger partial charge on any atom is 0.242 e. The van der Waals surface area contributed by atoms with Gasteiger partial charge >= 0.3 is 0 Å². The first-order chi connectivity index (χ1) is 9.36. The lowest BCUT2D eigenvalue weighted by molar-refractivity contribution is 0.581. The van der Waals surface area contributed by atoms with Crippen LogP contribution in [0.15, 0.2) is 39.1 Å². The Morgan fingerprint density at radius 3 is 2.50 bits per heavy atom. The Kier molecular flexibility index (Phi) is 5.47. The molecule has 0 saturated carbocycles. The van der Waals surface area contributed by atoms with Gasteiger partial charge in [0.25, 0.3) is 0 Å². The number of aliphatic imine (C=N–C) groups is 2. The summed E-state index contributed by atoms with van der Waals surface area (Å²) in [6.45, 7) is 2.20. The lowest BCUT2D eigenvalue weighted by Crippen LogP contribution is -2.26. The second-order valence-electron chi connectivity index (χ2n) is 3.87. The van der Waals surface area contributed by atoms with Gasteiger partial charge in [-0.25, -0.2) is 18.1 Å². The molecule has 9 heteroatoms. The normalized spacial score (nSPS) is 12.2. The van der Waals surface area contributed by atoms with Gasteiger partial charge in [-0.1, -0.05) is 19.1 Å². The third-order valence-electron chi connectivity index (χ3n) is 2.18. The molecule has 110 valence electrons. The average molecular weight is 298 g/mol. The van der Waals surface area contributed by atoms with Crippen LogP contribution in [0.4, 0.5) is 5.69 Å². The average Bonchev–Trinajstić information content (AvgIpc) is 2.36. The number of nitrogens with one attached hydrogen (secondary N) is 1. The van der Waals surface area contributed by atoms with Crippen molar-refractivity contribution < 1.29 is 8.42 Å². The minimum atomic E-state index is -3.65. The Balaban J connectivity index is 3.21. The number of benzene rings is 1. The molecule has 0 fully saturated rings. The molecule has 0 bridgehead atoms. The van der Waals surface area contributed by atoms with Crippen molar-refractivity contribution in [2.45, 2.75) is 18.2 Å². The molecule has 0 saturated heterocycles. The van der Waals surface area contributed by atoms with Crippen LogP contribution in [0.5, 0.6) is 0 Å². The second kappa shape index (κ2) is 6.87. The molecule has 0 aliphatic heterocycles. The quantitative estimate of drug-likeness (QED) is 0.431. The summed E-state index contributed by atoms with van der Waals surface area (Å²) >= 11 is 0. The van der Waals surface area contributed by atoms with Gasteiger partial charge in [0.05, 0.1) is 5.69 Å². The van der Waals surface area contributed by atoms with Crippen LogP contribution in [0.25, 0.3) is 0 Å². The predicted octanol–water partition coefficient (Wildman–Crippen LogP) is -0.405. The van der Waals surface area contributed by atoms with E-state index in [0.29, 0.717) is 13.0 Å². The Bertz CT molecular complexity index is 620. The fourth-order valence-corrected chi connectivity index (χ4v) is 2.65. The van der Waals surface area contributed by atoms with Gasteiger partial charge < -0.3 is 17.2 Å². The van der Waals surface area contributed by atoms with Crippen LogP contribution >= 0.6 is 0 Å². The molecule has 0 aliphatic rings. The van der Waals surface area contributed by atoms with Gasteiger partial charge in [-0.05, 0) is 18.6 Å². The van der Waals surface area contributed by atoms with E-state index < -0.39 is 10.0 Å². The van der Waals surface area contributed by atoms with Gasteiger partial charge in [-0.3, -0.25) is 0 Å². The number of guanidine groups is 2. The Morgan fingerprint density at radius 1 is 1.25 bits per heavy atom. The summed E-state index contributed by atoms with van der Waals surface area (Å²) in [4.78, 5) is 7.46. The van der Waals surface area contributed by atoms with E-state index >= 15 is 0 Å². The first-order valence-corrected chi connectivity index (χ1v) is 7.37. The van der Waals surface area contributed by atoms with Crippen LogP contribution in [0.3, 0.4) is 0 Å². The van der Waals surface area contributed by atoms with E-state index in [1.807, 2.05) is 6.92 Å². The number of nitrogens with two attached hydrogens (primary N) is 3. The van der Waals surface area contributed by atoms with Crippen molar-refractivity contribution >= 4 is 27.6 Å². The monoisotopic (exact) mass is 298 g/mol. The van der Waals surface area contributed by atoms with Crippen LogP contribution in [-0.4, -0.2) is 26.9 Å². The van der Waals surface area contributed by atoms with Crippen molar-refractivity contribution in [1.29, 1.82) is 0 Å². The smallest absolute Gasteiger partial charge is 0.242 e. The number of para-hydroxylation sites is 1. The third kappa shape index (κ3) is 4.52. The maximum absolute atomic E-state index is 12.1. The van der Waals surface area contributed by atoms with Crippen molar-refractivity contribution in [3.05, 3.63) is 24.3 Å². The Labute approximate surface area is 117 Å². The summed E-state index contributed by atoms with van der Waals surface area (Å²) in [7, 11) is -3.65. The SMILES string of the molecule is CCCNS(=O)(=O)c1ccccc1N=C(N)N=C(N)N. The molecule has 7 N–H and O–H groups in total. The van der Waals surface area contributed by atoms with E-state index in [1.54, 1.807) is 12.1 Å². The molecule has 1 aromatic carbocycles. The summed E-state index contributed by atoms with van der Waals surface area (Å²) in [5.74, 6) is -0.473. The lowest BCUT2D eigenvalue weighted by Gasteiger charge is -2.08. The maximum atomic E-state index is 12.1. The summed E-state index contributed by atoms with van der Waals surface area (Å²) < 4.78 is 26.7. The Morgan fingerprint density at radius 2 is 1.90 bits per heavy atom. The molecule has 0 unspecified atom stereocenters. The molecular formula is C11H18N6O2S. The first-order valence-electron chi connectivity index (χ1n) is 5.89. The van der Waals surface area contributed by atoms with Gasteiger partial charge in [0.15, 0.2) is 5.96 Å². The highest BCUT2D eigenvalue weighted by atomic mass is 32.2. The van der Waals surface area contributed by atoms with Gasteiger partial charge in [0.1, 0.15) is 4.90 Å². The summed E-state index contributed by atoms with van der Waals surface area (Å²) in [5, 5.41) is 0. The van der Waals surface area contributed by atoms with E-state index in [0.717, 1.165) is 0 Å². The Hall–Kier alpha value is -2.13. The highest BCUT2D eigenvalue weighted by molar-refractivity contribution is 7.89. The van der Waals surface area contributed by atoms with Crippen LogP contribution < -0.4 is 21.9 Å². The number of hydrogen-bond acceptors (Lipinski definition) is 3. The van der Waals surface area contributed by atoms with Gasteiger partial charge in [-0.2, -0.15) is 4.99 Å². The van der Waals surface area contributed by atoms with Gasteiger partial charge in [-0.15, -0.1) is 0 Å². The molecule has 0 radical (unpaired) electrons. The number of nitrogens with zero attached hydrogens (tertiary/aromatic N) is 2. The van der Waals surface area contributed by atoms with Crippen LogP contribution in [0.1, 0.15) is 13.3 Å². The molecule has 8 nitrogen and oxygen atoms in total. The zero-order chi connectivity index (χ0) is 15.2. The molecule has 1 rings (SSSR count). The molecule has 0 amide bonds. The van der Waals surface area contributed by atoms with Crippen molar-refractivity contribution in [2.24, 2.45) is 27.2 Å². The fraction of sp³-hybridized carbons (Fsp3) is 0.273. The third-order valence-corrected chi connectivity index (χ3v) is 3.68. The minimum Gasteiger partial charge on any atom is -0.370 e. The zero-order valence-corrected chi connectivity index (χ0v) is 11.9. The molecule has 20 heavy (non-hydrogen) atoms. The van der Waals surface area contributed by atoms with E-state index in [2.05, 4.69) is 14.7 Å². The van der Waals surface area contributed by atoms with Gasteiger partial charge in [0, 0.05) is 6.54 Å². The molecule has 0 heterocycles. The van der Waals surface area contributed by atoms with Crippen LogP contribution in [-0.2, 0) is 10.0 Å².